The molecule has 3 aromatic rings. The van der Waals surface area contributed by atoms with E-state index in [9.17, 15) is 0 Å². The SMILES string of the molecule is CCc1cccc2c1[nH]c1ccccc12.OB(O)O. The van der Waals surface area contributed by atoms with Crippen LogP contribution in [0.5, 0.6) is 0 Å². The molecule has 1 aromatic heterocycles. The van der Waals surface area contributed by atoms with E-state index in [1.807, 2.05) is 0 Å². The van der Waals surface area contributed by atoms with Crippen molar-refractivity contribution >= 4 is 29.1 Å². The Morgan fingerprint density at radius 1 is 0.947 bits per heavy atom. The lowest BCUT2D eigenvalue weighted by Crippen LogP contribution is -2.07. The van der Waals surface area contributed by atoms with Crippen LogP contribution in [0.15, 0.2) is 42.5 Å². The second kappa shape index (κ2) is 5.88. The van der Waals surface area contributed by atoms with Crippen LogP contribution in [-0.4, -0.2) is 27.4 Å². The molecule has 0 saturated heterocycles. The van der Waals surface area contributed by atoms with Gasteiger partial charge in [0.05, 0.1) is 0 Å². The Kier molecular flexibility index (Phi) is 4.22. The van der Waals surface area contributed by atoms with Crippen LogP contribution in [0.4, 0.5) is 0 Å². The van der Waals surface area contributed by atoms with E-state index in [4.69, 9.17) is 15.1 Å². The molecule has 0 aliphatic heterocycles. The maximum atomic E-state index is 7.17. The summed E-state index contributed by atoms with van der Waals surface area (Å²) in [5.74, 6) is 0. The summed E-state index contributed by atoms with van der Waals surface area (Å²) < 4.78 is 0. The summed E-state index contributed by atoms with van der Waals surface area (Å²) in [7, 11) is -2.17. The maximum Gasteiger partial charge on any atom is 0.631 e. The number of para-hydroxylation sites is 2. The van der Waals surface area contributed by atoms with Gasteiger partial charge in [-0.05, 0) is 18.1 Å². The largest absolute Gasteiger partial charge is 0.631 e. The van der Waals surface area contributed by atoms with Crippen molar-refractivity contribution in [3.05, 3.63) is 48.0 Å². The third kappa shape index (κ3) is 2.96. The van der Waals surface area contributed by atoms with E-state index in [1.165, 1.54) is 27.4 Å². The van der Waals surface area contributed by atoms with Crippen LogP contribution in [0.1, 0.15) is 12.5 Å². The fourth-order valence-electron chi connectivity index (χ4n) is 2.23. The first-order chi connectivity index (χ1) is 9.13. The fourth-order valence-corrected chi connectivity index (χ4v) is 2.23. The molecule has 19 heavy (non-hydrogen) atoms. The second-order valence-corrected chi connectivity index (χ2v) is 4.21. The molecule has 5 heteroatoms. The van der Waals surface area contributed by atoms with Gasteiger partial charge in [0.15, 0.2) is 0 Å². The molecule has 0 spiro atoms. The van der Waals surface area contributed by atoms with Crippen molar-refractivity contribution in [1.29, 1.82) is 0 Å². The highest BCUT2D eigenvalue weighted by Gasteiger charge is 2.05. The molecule has 1 heterocycles. The standard InChI is InChI=1S/C14H13N.BH3O3/c1-2-10-6-5-8-12-11-7-3-4-9-13(11)15-14(10)12;2-1(3)4/h3-9,15H,2H2,1H3;2-4H. The summed E-state index contributed by atoms with van der Waals surface area (Å²) in [6, 6.07) is 15.0. The van der Waals surface area contributed by atoms with Gasteiger partial charge < -0.3 is 20.1 Å². The number of nitrogens with one attached hydrogen (secondary N) is 1. The molecule has 0 amide bonds. The Balaban J connectivity index is 0.000000297. The van der Waals surface area contributed by atoms with Crippen LogP contribution in [0.2, 0.25) is 0 Å². The number of aromatic amines is 1. The molecule has 0 unspecified atom stereocenters. The van der Waals surface area contributed by atoms with Crippen LogP contribution in [0.25, 0.3) is 21.8 Å². The number of aromatic nitrogens is 1. The molecule has 2 aromatic carbocycles. The zero-order valence-electron chi connectivity index (χ0n) is 10.7. The van der Waals surface area contributed by atoms with Crippen molar-refractivity contribution in [2.75, 3.05) is 0 Å². The van der Waals surface area contributed by atoms with Crippen molar-refractivity contribution in [2.24, 2.45) is 0 Å². The van der Waals surface area contributed by atoms with Crippen molar-refractivity contribution in [3.63, 3.8) is 0 Å². The number of H-pyrrole nitrogens is 1. The molecule has 0 aliphatic carbocycles. The fraction of sp³-hybridized carbons (Fsp3) is 0.143. The minimum atomic E-state index is -2.17. The highest BCUT2D eigenvalue weighted by molar-refractivity contribution is 6.30. The van der Waals surface area contributed by atoms with Crippen molar-refractivity contribution in [3.8, 4) is 0 Å². The normalized spacial score (nSPS) is 10.3. The molecule has 0 saturated carbocycles. The molecule has 0 fully saturated rings. The molecular formula is C14H16BNO3. The first-order valence-electron chi connectivity index (χ1n) is 6.16. The van der Waals surface area contributed by atoms with Gasteiger partial charge in [0, 0.05) is 21.8 Å². The minimum absolute atomic E-state index is 1.07. The van der Waals surface area contributed by atoms with E-state index in [1.54, 1.807) is 0 Å². The quantitative estimate of drug-likeness (QED) is 0.502. The number of rotatable bonds is 1. The monoisotopic (exact) mass is 257 g/mol. The Bertz CT molecular complexity index is 676. The highest BCUT2D eigenvalue weighted by atomic mass is 16.5. The summed E-state index contributed by atoms with van der Waals surface area (Å²) in [6.07, 6.45) is 1.07. The highest BCUT2D eigenvalue weighted by Crippen LogP contribution is 2.27. The average molecular weight is 257 g/mol. The van der Waals surface area contributed by atoms with E-state index in [2.05, 4.69) is 54.4 Å². The van der Waals surface area contributed by atoms with Gasteiger partial charge >= 0.3 is 7.32 Å². The lowest BCUT2D eigenvalue weighted by molar-refractivity contribution is 0.278. The topological polar surface area (TPSA) is 76.5 Å². The summed E-state index contributed by atoms with van der Waals surface area (Å²) in [5.41, 5.74) is 3.92. The molecular weight excluding hydrogens is 241 g/mol. The Morgan fingerprint density at radius 2 is 1.58 bits per heavy atom. The van der Waals surface area contributed by atoms with Gasteiger partial charge in [-0.1, -0.05) is 43.3 Å². The van der Waals surface area contributed by atoms with E-state index >= 15 is 0 Å². The van der Waals surface area contributed by atoms with Gasteiger partial charge in [-0.3, -0.25) is 0 Å². The van der Waals surface area contributed by atoms with E-state index in [-0.39, 0.29) is 0 Å². The van der Waals surface area contributed by atoms with Gasteiger partial charge in [0.1, 0.15) is 0 Å². The van der Waals surface area contributed by atoms with Gasteiger partial charge in [0.25, 0.3) is 0 Å². The molecule has 0 atom stereocenters. The van der Waals surface area contributed by atoms with Crippen molar-refractivity contribution in [2.45, 2.75) is 13.3 Å². The summed E-state index contributed by atoms with van der Waals surface area (Å²) in [4.78, 5) is 3.50. The zero-order valence-corrected chi connectivity index (χ0v) is 10.7. The van der Waals surface area contributed by atoms with Gasteiger partial charge in [-0.2, -0.15) is 0 Å². The lowest BCUT2D eigenvalue weighted by atomic mass is 10.1. The molecule has 0 bridgehead atoms. The summed E-state index contributed by atoms with van der Waals surface area (Å²) in [5, 5.41) is 24.2. The van der Waals surface area contributed by atoms with Gasteiger partial charge in [-0.25, -0.2) is 0 Å². The molecule has 3 rings (SSSR count). The van der Waals surface area contributed by atoms with Crippen LogP contribution in [-0.2, 0) is 6.42 Å². The Morgan fingerprint density at radius 3 is 2.26 bits per heavy atom. The maximum absolute atomic E-state index is 7.17. The Labute approximate surface area is 111 Å². The van der Waals surface area contributed by atoms with Crippen LogP contribution in [0, 0.1) is 0 Å². The first kappa shape index (κ1) is 13.6. The van der Waals surface area contributed by atoms with Crippen LogP contribution >= 0.6 is 0 Å². The lowest BCUT2D eigenvalue weighted by Gasteiger charge is -1.97. The molecule has 4 N–H and O–H groups in total. The van der Waals surface area contributed by atoms with Crippen molar-refractivity contribution < 1.29 is 15.1 Å². The zero-order chi connectivity index (χ0) is 13.8. The third-order valence-electron chi connectivity index (χ3n) is 3.01. The van der Waals surface area contributed by atoms with Crippen molar-refractivity contribution in [1.82, 2.24) is 4.98 Å². The summed E-state index contributed by atoms with van der Waals surface area (Å²) >= 11 is 0. The summed E-state index contributed by atoms with van der Waals surface area (Å²) in [6.45, 7) is 2.19. The predicted octanol–water partition coefficient (Wildman–Crippen LogP) is 1.83. The number of aryl methyl sites for hydroxylation is 1. The molecule has 0 aliphatic rings. The number of hydrogen-bond donors (Lipinski definition) is 4. The number of benzene rings is 2. The van der Waals surface area contributed by atoms with E-state index in [0.29, 0.717) is 0 Å². The van der Waals surface area contributed by atoms with E-state index in [0.717, 1.165) is 6.42 Å². The van der Waals surface area contributed by atoms with Gasteiger partial charge in [-0.15, -0.1) is 0 Å². The van der Waals surface area contributed by atoms with Gasteiger partial charge in [0.2, 0.25) is 0 Å². The van der Waals surface area contributed by atoms with E-state index < -0.39 is 7.32 Å². The second-order valence-electron chi connectivity index (χ2n) is 4.21. The van der Waals surface area contributed by atoms with Crippen LogP contribution in [0.3, 0.4) is 0 Å². The number of hydrogen-bond acceptors (Lipinski definition) is 3. The first-order valence-corrected chi connectivity index (χ1v) is 6.16. The predicted molar refractivity (Wildman–Crippen MR) is 77.6 cm³/mol. The molecule has 0 radical (unpaired) electrons. The average Bonchev–Trinajstić information content (AvgIpc) is 2.76. The minimum Gasteiger partial charge on any atom is -0.402 e. The third-order valence-corrected chi connectivity index (χ3v) is 3.01. The number of fused-ring (bicyclic) bond motifs is 3. The van der Waals surface area contributed by atoms with Crippen LogP contribution < -0.4 is 0 Å². The Hall–Kier alpha value is -1.82. The molecule has 4 nitrogen and oxygen atoms in total. The molecule has 98 valence electrons. The smallest absolute Gasteiger partial charge is 0.402 e.